The SMILES string of the molecule is C#CCC(C(=O)O)C(C)C(C)(C)C.C#CCC(CCCCCCC)C(=O)O. The van der Waals surface area contributed by atoms with Crippen molar-refractivity contribution in [1.82, 2.24) is 0 Å². The first kappa shape index (κ1) is 27.3. The highest BCUT2D eigenvalue weighted by Gasteiger charge is 2.32. The zero-order valence-electron chi connectivity index (χ0n) is 17.8. The van der Waals surface area contributed by atoms with Crippen molar-refractivity contribution in [1.29, 1.82) is 0 Å². The van der Waals surface area contributed by atoms with Crippen molar-refractivity contribution in [2.45, 2.75) is 86.0 Å². The van der Waals surface area contributed by atoms with Crippen molar-refractivity contribution >= 4 is 11.9 Å². The Kier molecular flexibility index (Phi) is 15.3. The van der Waals surface area contributed by atoms with Crippen LogP contribution in [0.2, 0.25) is 0 Å². The number of hydrogen-bond acceptors (Lipinski definition) is 2. The molecule has 0 heterocycles. The predicted molar refractivity (Wildman–Crippen MR) is 111 cm³/mol. The Morgan fingerprint density at radius 2 is 1.44 bits per heavy atom. The fourth-order valence-electron chi connectivity index (χ4n) is 2.66. The molecule has 27 heavy (non-hydrogen) atoms. The quantitative estimate of drug-likeness (QED) is 0.369. The van der Waals surface area contributed by atoms with Crippen LogP contribution in [0, 0.1) is 47.9 Å². The standard InChI is InChI=1S/C12H20O2.C11H18O2/c1-3-5-6-7-8-10-11(9-4-2)12(13)14;1-6-7-9(10(12)13)8(2)11(3,4)5/h2,11H,3,5-10H2,1H3,(H,13,14);1,8-9H,7H2,2-5H3,(H,12,13). The first-order valence-corrected chi connectivity index (χ1v) is 9.85. The molecule has 0 aliphatic heterocycles. The van der Waals surface area contributed by atoms with Crippen LogP contribution < -0.4 is 0 Å². The minimum Gasteiger partial charge on any atom is -0.481 e. The summed E-state index contributed by atoms with van der Waals surface area (Å²) in [6.07, 6.45) is 17.4. The number of carbonyl (C=O) groups is 2. The fourth-order valence-corrected chi connectivity index (χ4v) is 2.66. The molecule has 154 valence electrons. The van der Waals surface area contributed by atoms with Crippen LogP contribution in [0.5, 0.6) is 0 Å². The second-order valence-corrected chi connectivity index (χ2v) is 8.15. The van der Waals surface area contributed by atoms with E-state index in [4.69, 9.17) is 23.1 Å². The van der Waals surface area contributed by atoms with E-state index in [-0.39, 0.29) is 17.3 Å². The lowest BCUT2D eigenvalue weighted by Crippen LogP contribution is -2.30. The molecular weight excluding hydrogens is 340 g/mol. The normalized spacial score (nSPS) is 13.9. The van der Waals surface area contributed by atoms with Gasteiger partial charge in [0.25, 0.3) is 0 Å². The van der Waals surface area contributed by atoms with Gasteiger partial charge in [-0.15, -0.1) is 24.7 Å². The molecule has 3 unspecified atom stereocenters. The predicted octanol–water partition coefficient (Wildman–Crippen LogP) is 5.46. The molecule has 0 aromatic rings. The lowest BCUT2D eigenvalue weighted by atomic mass is 9.73. The lowest BCUT2D eigenvalue weighted by molar-refractivity contribution is -0.145. The molecule has 4 nitrogen and oxygen atoms in total. The maximum absolute atomic E-state index is 10.9. The van der Waals surface area contributed by atoms with Crippen molar-refractivity contribution in [2.75, 3.05) is 0 Å². The van der Waals surface area contributed by atoms with Crippen LogP contribution in [-0.2, 0) is 9.59 Å². The highest BCUT2D eigenvalue weighted by atomic mass is 16.4. The van der Waals surface area contributed by atoms with Crippen LogP contribution >= 0.6 is 0 Å². The van der Waals surface area contributed by atoms with Gasteiger partial charge in [0.2, 0.25) is 0 Å². The van der Waals surface area contributed by atoms with Crippen LogP contribution in [0.25, 0.3) is 0 Å². The highest BCUT2D eigenvalue weighted by Crippen LogP contribution is 2.33. The van der Waals surface area contributed by atoms with E-state index in [0.29, 0.717) is 12.8 Å². The monoisotopic (exact) mass is 378 g/mol. The molecule has 4 heteroatoms. The van der Waals surface area contributed by atoms with Crippen LogP contribution in [0.4, 0.5) is 0 Å². The van der Waals surface area contributed by atoms with Gasteiger partial charge in [0.05, 0.1) is 11.8 Å². The number of aliphatic carboxylic acids is 2. The number of hydrogen-bond donors (Lipinski definition) is 2. The van der Waals surface area contributed by atoms with Crippen LogP contribution in [0.15, 0.2) is 0 Å². The topological polar surface area (TPSA) is 74.6 Å². The Labute approximate surface area is 166 Å². The van der Waals surface area contributed by atoms with Crippen molar-refractivity contribution in [2.24, 2.45) is 23.2 Å². The van der Waals surface area contributed by atoms with Crippen LogP contribution in [0.1, 0.15) is 86.0 Å². The van der Waals surface area contributed by atoms with Crippen molar-refractivity contribution in [3.8, 4) is 24.7 Å². The van der Waals surface area contributed by atoms with E-state index in [9.17, 15) is 9.59 Å². The summed E-state index contributed by atoms with van der Waals surface area (Å²) in [4.78, 5) is 21.6. The van der Waals surface area contributed by atoms with Gasteiger partial charge in [-0.3, -0.25) is 9.59 Å². The summed E-state index contributed by atoms with van der Waals surface area (Å²) in [6, 6.07) is 0. The van der Waals surface area contributed by atoms with Gasteiger partial charge in [0.15, 0.2) is 0 Å². The van der Waals surface area contributed by atoms with Crippen molar-refractivity contribution < 1.29 is 19.8 Å². The van der Waals surface area contributed by atoms with Crippen molar-refractivity contribution in [3.05, 3.63) is 0 Å². The third-order valence-electron chi connectivity index (χ3n) is 4.99. The van der Waals surface area contributed by atoms with E-state index in [0.717, 1.165) is 19.3 Å². The van der Waals surface area contributed by atoms with Gasteiger partial charge in [-0.2, -0.15) is 0 Å². The van der Waals surface area contributed by atoms with Gasteiger partial charge in [0.1, 0.15) is 0 Å². The van der Waals surface area contributed by atoms with Gasteiger partial charge in [-0.1, -0.05) is 66.7 Å². The van der Waals surface area contributed by atoms with E-state index in [1.54, 1.807) is 0 Å². The van der Waals surface area contributed by atoms with Gasteiger partial charge < -0.3 is 10.2 Å². The molecular formula is C23H38O4. The zero-order chi connectivity index (χ0) is 21.5. The molecule has 0 bridgehead atoms. The Balaban J connectivity index is 0. The third kappa shape index (κ3) is 13.9. The lowest BCUT2D eigenvalue weighted by Gasteiger charge is -2.31. The number of carboxylic acid groups (broad SMARTS) is 2. The van der Waals surface area contributed by atoms with E-state index in [1.807, 2.05) is 27.7 Å². The first-order chi connectivity index (χ1) is 12.5. The molecule has 0 aliphatic carbocycles. The maximum atomic E-state index is 10.9. The van der Waals surface area contributed by atoms with E-state index in [2.05, 4.69) is 18.8 Å². The number of terminal acetylenes is 2. The molecule has 0 aromatic heterocycles. The molecule has 3 atom stereocenters. The Morgan fingerprint density at radius 1 is 0.926 bits per heavy atom. The van der Waals surface area contributed by atoms with Crippen LogP contribution in [0.3, 0.4) is 0 Å². The molecule has 0 spiro atoms. The second kappa shape index (κ2) is 15.2. The molecule has 0 rings (SSSR count). The molecule has 0 saturated carbocycles. The summed E-state index contributed by atoms with van der Waals surface area (Å²) in [5, 5.41) is 17.8. The van der Waals surface area contributed by atoms with E-state index in [1.165, 1.54) is 19.3 Å². The summed E-state index contributed by atoms with van der Waals surface area (Å²) >= 11 is 0. The van der Waals surface area contributed by atoms with Gasteiger partial charge in [0, 0.05) is 12.8 Å². The third-order valence-corrected chi connectivity index (χ3v) is 4.99. The van der Waals surface area contributed by atoms with Gasteiger partial charge in [-0.05, 0) is 17.8 Å². The maximum Gasteiger partial charge on any atom is 0.307 e. The van der Waals surface area contributed by atoms with E-state index < -0.39 is 17.9 Å². The number of rotatable bonds is 11. The minimum atomic E-state index is -0.791. The summed E-state index contributed by atoms with van der Waals surface area (Å²) < 4.78 is 0. The molecule has 0 radical (unpaired) electrons. The molecule has 0 aromatic carbocycles. The molecule has 2 N–H and O–H groups in total. The minimum absolute atomic E-state index is 0.0140. The summed E-state index contributed by atoms with van der Waals surface area (Å²) in [5.74, 6) is 2.63. The Bertz CT molecular complexity index is 502. The average Bonchev–Trinajstić information content (AvgIpc) is 2.57. The molecule has 0 saturated heterocycles. The summed E-state index contributed by atoms with van der Waals surface area (Å²) in [7, 11) is 0. The van der Waals surface area contributed by atoms with E-state index >= 15 is 0 Å². The average molecular weight is 379 g/mol. The molecule has 0 aliphatic rings. The number of carboxylic acids is 2. The van der Waals surface area contributed by atoms with Crippen LogP contribution in [-0.4, -0.2) is 22.2 Å². The number of unbranched alkanes of at least 4 members (excludes halogenated alkanes) is 4. The summed E-state index contributed by atoms with van der Waals surface area (Å²) in [5.41, 5.74) is -0.0140. The van der Waals surface area contributed by atoms with Gasteiger partial charge in [-0.25, -0.2) is 0 Å². The second-order valence-electron chi connectivity index (χ2n) is 8.15. The first-order valence-electron chi connectivity index (χ1n) is 9.85. The Hall–Kier alpha value is -1.94. The highest BCUT2D eigenvalue weighted by molar-refractivity contribution is 5.71. The smallest absolute Gasteiger partial charge is 0.307 e. The van der Waals surface area contributed by atoms with Crippen molar-refractivity contribution in [3.63, 3.8) is 0 Å². The fraction of sp³-hybridized carbons (Fsp3) is 0.739. The Morgan fingerprint density at radius 3 is 1.81 bits per heavy atom. The zero-order valence-corrected chi connectivity index (χ0v) is 17.8. The molecule has 0 fully saturated rings. The largest absolute Gasteiger partial charge is 0.481 e. The summed E-state index contributed by atoms with van der Waals surface area (Å²) in [6.45, 7) is 10.2. The molecule has 0 amide bonds. The van der Waals surface area contributed by atoms with Gasteiger partial charge >= 0.3 is 11.9 Å².